The zero-order valence-electron chi connectivity index (χ0n) is 19.5. The molecule has 0 amide bonds. The molecule has 34 heavy (non-hydrogen) atoms. The van der Waals surface area contributed by atoms with Crippen LogP contribution in [-0.2, 0) is 13.0 Å². The van der Waals surface area contributed by atoms with Crippen LogP contribution in [0.25, 0.3) is 22.8 Å². The van der Waals surface area contributed by atoms with E-state index < -0.39 is 6.10 Å². The quantitative estimate of drug-likeness (QED) is 0.523. The number of aliphatic hydroxyl groups excluding tert-OH is 2. The van der Waals surface area contributed by atoms with Crippen molar-refractivity contribution in [2.75, 3.05) is 19.7 Å². The van der Waals surface area contributed by atoms with E-state index in [2.05, 4.69) is 34.1 Å². The van der Waals surface area contributed by atoms with E-state index in [1.165, 1.54) is 11.1 Å². The second-order valence-corrected chi connectivity index (χ2v) is 8.61. The summed E-state index contributed by atoms with van der Waals surface area (Å²) in [5.74, 6) is 1.38. The van der Waals surface area contributed by atoms with Crippen molar-refractivity contribution >= 4 is 12.4 Å². The first-order chi connectivity index (χ1) is 15.9. The molecule has 0 saturated carbocycles. The van der Waals surface area contributed by atoms with Gasteiger partial charge < -0.3 is 19.5 Å². The fraction of sp³-hybridized carbons (Fsp3) is 0.400. The van der Waals surface area contributed by atoms with Gasteiger partial charge in [-0.15, -0.1) is 12.4 Å². The lowest BCUT2D eigenvalue weighted by molar-refractivity contribution is 0.0551. The van der Waals surface area contributed by atoms with Crippen molar-refractivity contribution in [2.45, 2.75) is 45.9 Å². The van der Waals surface area contributed by atoms with Crippen LogP contribution in [0.4, 0.5) is 0 Å². The Kier molecular flexibility index (Phi) is 8.28. The molecular weight excluding hydrogens is 456 g/mol. The number of nitrogens with zero attached hydrogens (tertiary/aromatic N) is 4. The summed E-state index contributed by atoms with van der Waals surface area (Å²) in [6.07, 6.45) is 0.0924. The van der Waals surface area contributed by atoms with Crippen molar-refractivity contribution in [3.63, 3.8) is 0 Å². The molecule has 2 heterocycles. The highest BCUT2D eigenvalue weighted by molar-refractivity contribution is 5.85. The molecule has 1 atom stereocenters. The van der Waals surface area contributed by atoms with E-state index in [0.29, 0.717) is 35.1 Å². The maximum Gasteiger partial charge on any atom is 0.258 e. The van der Waals surface area contributed by atoms with E-state index in [4.69, 9.17) is 14.4 Å². The third-order valence-corrected chi connectivity index (χ3v) is 5.82. The second kappa shape index (κ2) is 11.0. The Hall–Kier alpha value is -2.96. The van der Waals surface area contributed by atoms with Gasteiger partial charge >= 0.3 is 0 Å². The summed E-state index contributed by atoms with van der Waals surface area (Å²) in [5, 5.41) is 32.5. The number of ether oxygens (including phenoxy) is 1. The number of aromatic nitrogens is 2. The molecule has 180 valence electrons. The molecule has 4 rings (SSSR count). The van der Waals surface area contributed by atoms with Gasteiger partial charge in [0.1, 0.15) is 11.8 Å². The maximum absolute atomic E-state index is 9.74. The third kappa shape index (κ3) is 5.40. The van der Waals surface area contributed by atoms with Crippen molar-refractivity contribution in [2.24, 2.45) is 0 Å². The number of benzene rings is 2. The summed E-state index contributed by atoms with van der Waals surface area (Å²) in [7, 11) is 0. The van der Waals surface area contributed by atoms with Gasteiger partial charge in [0, 0.05) is 30.8 Å². The van der Waals surface area contributed by atoms with Crippen LogP contribution in [0.1, 0.15) is 36.1 Å². The van der Waals surface area contributed by atoms with Crippen molar-refractivity contribution in [3.05, 3.63) is 52.6 Å². The van der Waals surface area contributed by atoms with Crippen molar-refractivity contribution in [1.82, 2.24) is 15.0 Å². The van der Waals surface area contributed by atoms with Crippen LogP contribution >= 0.6 is 12.4 Å². The average molecular weight is 485 g/mol. The van der Waals surface area contributed by atoms with E-state index in [1.807, 2.05) is 26.0 Å². The standard InChI is InChI=1S/C25H28N4O4.ClH/c1-15(2)32-23-7-5-17(10-19(23)11-26)25-27-24(28-33-25)22-6-4-18-12-29(13-20(31)14-30)9-8-21(18)16(22)3;/h4-7,10,15,20,30-31H,8-9,12-14H2,1-3H3;1H/t20-;/m1./s1. The van der Waals surface area contributed by atoms with Gasteiger partial charge in [-0.2, -0.15) is 10.2 Å². The largest absolute Gasteiger partial charge is 0.490 e. The van der Waals surface area contributed by atoms with E-state index >= 15 is 0 Å². The Balaban J connectivity index is 0.00000324. The smallest absolute Gasteiger partial charge is 0.258 e. The Bertz CT molecular complexity index is 1190. The molecule has 0 bridgehead atoms. The van der Waals surface area contributed by atoms with Gasteiger partial charge in [-0.05, 0) is 62.1 Å². The van der Waals surface area contributed by atoms with Crippen LogP contribution < -0.4 is 4.74 Å². The molecule has 3 aromatic rings. The van der Waals surface area contributed by atoms with Gasteiger partial charge in [0.05, 0.1) is 24.4 Å². The summed E-state index contributed by atoms with van der Waals surface area (Å²) in [5.41, 5.74) is 5.57. The molecular formula is C25H29ClN4O4. The molecule has 1 aliphatic heterocycles. The minimum Gasteiger partial charge on any atom is -0.490 e. The first-order valence-corrected chi connectivity index (χ1v) is 11.1. The number of nitriles is 1. The molecule has 0 radical (unpaired) electrons. The highest BCUT2D eigenvalue weighted by Gasteiger charge is 2.23. The topological polar surface area (TPSA) is 116 Å². The normalized spacial score (nSPS) is 14.3. The summed E-state index contributed by atoms with van der Waals surface area (Å²) < 4.78 is 11.2. The first kappa shape index (κ1) is 25.7. The average Bonchev–Trinajstić information content (AvgIpc) is 3.29. The third-order valence-electron chi connectivity index (χ3n) is 5.82. The van der Waals surface area contributed by atoms with Crippen LogP contribution in [0, 0.1) is 18.3 Å². The Morgan fingerprint density at radius 3 is 2.76 bits per heavy atom. The highest BCUT2D eigenvalue weighted by Crippen LogP contribution is 2.32. The van der Waals surface area contributed by atoms with E-state index in [9.17, 15) is 10.4 Å². The lowest BCUT2D eigenvalue weighted by Gasteiger charge is -2.31. The van der Waals surface area contributed by atoms with Crippen LogP contribution in [0.2, 0.25) is 0 Å². The van der Waals surface area contributed by atoms with Crippen molar-refractivity contribution < 1.29 is 19.5 Å². The molecule has 0 fully saturated rings. The molecule has 0 aliphatic carbocycles. The summed E-state index contributed by atoms with van der Waals surface area (Å²) in [6, 6.07) is 11.5. The Morgan fingerprint density at radius 1 is 1.26 bits per heavy atom. The first-order valence-electron chi connectivity index (χ1n) is 11.1. The predicted molar refractivity (Wildman–Crippen MR) is 130 cm³/mol. The number of hydrogen-bond donors (Lipinski definition) is 2. The van der Waals surface area contributed by atoms with Crippen LogP contribution in [0.3, 0.4) is 0 Å². The molecule has 2 aromatic carbocycles. The SMILES string of the molecule is Cc1c(-c2noc(-c3ccc(OC(C)C)c(C#N)c3)n2)ccc2c1CCN(C[C@@H](O)CO)C2.Cl. The number of hydrogen-bond acceptors (Lipinski definition) is 8. The van der Waals surface area contributed by atoms with E-state index in [-0.39, 0.29) is 25.1 Å². The molecule has 2 N–H and O–H groups in total. The molecule has 0 saturated heterocycles. The zero-order valence-corrected chi connectivity index (χ0v) is 20.3. The minimum absolute atomic E-state index is 0. The fourth-order valence-corrected chi connectivity index (χ4v) is 4.21. The molecule has 1 aliphatic rings. The van der Waals surface area contributed by atoms with Crippen LogP contribution in [0.15, 0.2) is 34.9 Å². The predicted octanol–water partition coefficient (Wildman–Crippen LogP) is 3.50. The maximum atomic E-state index is 9.74. The second-order valence-electron chi connectivity index (χ2n) is 8.61. The number of β-amino-alcohol motifs (C(OH)–C–C–N with tert-alkyl or cyclic N) is 1. The van der Waals surface area contributed by atoms with Crippen LogP contribution in [0.5, 0.6) is 5.75 Å². The fourth-order valence-electron chi connectivity index (χ4n) is 4.21. The molecule has 0 spiro atoms. The van der Waals surface area contributed by atoms with Gasteiger partial charge in [0.25, 0.3) is 5.89 Å². The number of aliphatic hydroxyl groups is 2. The van der Waals surface area contributed by atoms with Crippen molar-refractivity contribution in [3.8, 4) is 34.7 Å². The molecule has 0 unspecified atom stereocenters. The Labute approximate surface area is 205 Å². The number of fused-ring (bicyclic) bond motifs is 1. The lowest BCUT2D eigenvalue weighted by atomic mass is 9.91. The minimum atomic E-state index is -0.725. The van der Waals surface area contributed by atoms with E-state index in [0.717, 1.165) is 30.6 Å². The van der Waals surface area contributed by atoms with Gasteiger partial charge in [0.15, 0.2) is 0 Å². The van der Waals surface area contributed by atoms with Crippen molar-refractivity contribution in [1.29, 1.82) is 5.26 Å². The summed E-state index contributed by atoms with van der Waals surface area (Å²) in [4.78, 5) is 6.74. The van der Waals surface area contributed by atoms with Crippen LogP contribution in [-0.4, -0.2) is 57.2 Å². The highest BCUT2D eigenvalue weighted by atomic mass is 35.5. The lowest BCUT2D eigenvalue weighted by Crippen LogP contribution is -2.38. The summed E-state index contributed by atoms with van der Waals surface area (Å²) >= 11 is 0. The van der Waals surface area contributed by atoms with Gasteiger partial charge in [-0.1, -0.05) is 17.3 Å². The van der Waals surface area contributed by atoms with E-state index in [1.54, 1.807) is 12.1 Å². The van der Waals surface area contributed by atoms with Gasteiger partial charge in [-0.3, -0.25) is 4.90 Å². The molecule has 9 heteroatoms. The zero-order chi connectivity index (χ0) is 23.5. The van der Waals surface area contributed by atoms with Gasteiger partial charge in [0.2, 0.25) is 5.82 Å². The summed E-state index contributed by atoms with van der Waals surface area (Å²) in [6.45, 7) is 7.66. The Morgan fingerprint density at radius 2 is 2.06 bits per heavy atom. The van der Waals surface area contributed by atoms with Gasteiger partial charge in [-0.25, -0.2) is 0 Å². The number of rotatable bonds is 7. The number of halogens is 1. The molecule has 8 nitrogen and oxygen atoms in total. The molecule has 1 aromatic heterocycles. The monoisotopic (exact) mass is 484 g/mol.